The van der Waals surface area contributed by atoms with E-state index < -0.39 is 0 Å². The molecule has 0 saturated carbocycles. The molecule has 0 aliphatic carbocycles. The molecule has 1 unspecified atom stereocenters. The highest BCUT2D eigenvalue weighted by Crippen LogP contribution is 2.18. The molecule has 1 heterocycles. The molecule has 2 rings (SSSR count). The van der Waals surface area contributed by atoms with Gasteiger partial charge < -0.3 is 15.4 Å². The summed E-state index contributed by atoms with van der Waals surface area (Å²) < 4.78 is 5.40. The van der Waals surface area contributed by atoms with E-state index in [0.29, 0.717) is 19.7 Å². The molecule has 4 nitrogen and oxygen atoms in total. The average molecular weight is 262 g/mol. The van der Waals surface area contributed by atoms with E-state index in [4.69, 9.17) is 10.5 Å². The minimum atomic E-state index is 0.0229. The fourth-order valence-electron chi connectivity index (χ4n) is 2.45. The monoisotopic (exact) mass is 262 g/mol. The minimum absolute atomic E-state index is 0.0229. The predicted molar refractivity (Wildman–Crippen MR) is 75.5 cm³/mol. The lowest BCUT2D eigenvalue weighted by Crippen LogP contribution is -2.39. The molecule has 1 saturated heterocycles. The normalized spacial score (nSPS) is 19.1. The number of rotatable bonds is 4. The molecule has 1 aromatic carbocycles. The average Bonchev–Trinajstić information content (AvgIpc) is 2.45. The van der Waals surface area contributed by atoms with E-state index in [-0.39, 0.29) is 11.8 Å². The smallest absolute Gasteiger partial charge is 0.228 e. The molecule has 1 aliphatic rings. The zero-order chi connectivity index (χ0) is 13.7. The van der Waals surface area contributed by atoms with Crippen LogP contribution >= 0.6 is 0 Å². The summed E-state index contributed by atoms with van der Waals surface area (Å²) in [4.78, 5) is 14.3. The van der Waals surface area contributed by atoms with Crippen LogP contribution in [-0.4, -0.2) is 30.6 Å². The SMILES string of the molecule is CCN(Cc1cccc(N)c1)C(=O)C1CCCOC1. The van der Waals surface area contributed by atoms with Crippen molar-refractivity contribution in [1.29, 1.82) is 0 Å². The van der Waals surface area contributed by atoms with Gasteiger partial charge in [-0.1, -0.05) is 12.1 Å². The van der Waals surface area contributed by atoms with Crippen LogP contribution in [0.2, 0.25) is 0 Å². The van der Waals surface area contributed by atoms with Crippen molar-refractivity contribution in [3.05, 3.63) is 29.8 Å². The first kappa shape index (κ1) is 13.9. The maximum Gasteiger partial charge on any atom is 0.228 e. The standard InChI is InChI=1S/C15H22N2O2/c1-2-17(10-12-5-3-7-14(16)9-12)15(18)13-6-4-8-19-11-13/h3,5,7,9,13H,2,4,6,8,10-11,16H2,1H3. The van der Waals surface area contributed by atoms with Gasteiger partial charge in [-0.3, -0.25) is 4.79 Å². The Hall–Kier alpha value is -1.55. The number of ether oxygens (including phenoxy) is 1. The number of nitrogens with two attached hydrogens (primary N) is 1. The maximum atomic E-state index is 12.4. The van der Waals surface area contributed by atoms with E-state index in [2.05, 4.69) is 0 Å². The van der Waals surface area contributed by atoms with Gasteiger partial charge in [0.2, 0.25) is 5.91 Å². The van der Waals surface area contributed by atoms with Crippen molar-refractivity contribution in [2.24, 2.45) is 5.92 Å². The number of anilines is 1. The molecule has 0 radical (unpaired) electrons. The summed E-state index contributed by atoms with van der Waals surface area (Å²) in [5, 5.41) is 0. The molecule has 0 aromatic heterocycles. The van der Waals surface area contributed by atoms with Crippen LogP contribution in [0.5, 0.6) is 0 Å². The van der Waals surface area contributed by atoms with E-state index >= 15 is 0 Å². The fourth-order valence-corrected chi connectivity index (χ4v) is 2.45. The quantitative estimate of drug-likeness (QED) is 0.845. The summed E-state index contributed by atoms with van der Waals surface area (Å²) in [5.74, 6) is 0.222. The Morgan fingerprint density at radius 3 is 3.00 bits per heavy atom. The minimum Gasteiger partial charge on any atom is -0.399 e. The maximum absolute atomic E-state index is 12.4. The zero-order valence-corrected chi connectivity index (χ0v) is 11.5. The first-order valence-corrected chi connectivity index (χ1v) is 6.91. The lowest BCUT2D eigenvalue weighted by atomic mass is 10.0. The Morgan fingerprint density at radius 2 is 2.37 bits per heavy atom. The zero-order valence-electron chi connectivity index (χ0n) is 11.5. The highest BCUT2D eigenvalue weighted by atomic mass is 16.5. The van der Waals surface area contributed by atoms with Gasteiger partial charge in [-0.25, -0.2) is 0 Å². The van der Waals surface area contributed by atoms with Gasteiger partial charge in [-0.2, -0.15) is 0 Å². The summed E-state index contributed by atoms with van der Waals surface area (Å²) >= 11 is 0. The summed E-state index contributed by atoms with van der Waals surface area (Å²) in [5.41, 5.74) is 7.59. The molecule has 1 fully saturated rings. The molecule has 1 aliphatic heterocycles. The highest BCUT2D eigenvalue weighted by molar-refractivity contribution is 5.79. The molecule has 1 aromatic rings. The van der Waals surface area contributed by atoms with E-state index in [0.717, 1.165) is 30.7 Å². The Labute approximate surface area is 114 Å². The van der Waals surface area contributed by atoms with Gasteiger partial charge in [-0.05, 0) is 37.5 Å². The van der Waals surface area contributed by atoms with Gasteiger partial charge in [0.25, 0.3) is 0 Å². The molecular weight excluding hydrogens is 240 g/mol. The number of amides is 1. The largest absolute Gasteiger partial charge is 0.399 e. The number of carbonyl (C=O) groups is 1. The molecule has 2 N–H and O–H groups in total. The van der Waals surface area contributed by atoms with Crippen LogP contribution in [0.1, 0.15) is 25.3 Å². The van der Waals surface area contributed by atoms with Crippen LogP contribution in [0.3, 0.4) is 0 Å². The van der Waals surface area contributed by atoms with E-state index in [1.165, 1.54) is 0 Å². The van der Waals surface area contributed by atoms with Crippen LogP contribution in [0.4, 0.5) is 5.69 Å². The second-order valence-electron chi connectivity index (χ2n) is 5.01. The van der Waals surface area contributed by atoms with Crippen molar-refractivity contribution in [3.63, 3.8) is 0 Å². The lowest BCUT2D eigenvalue weighted by Gasteiger charge is -2.28. The second kappa shape index (κ2) is 6.57. The van der Waals surface area contributed by atoms with Gasteiger partial charge in [0, 0.05) is 25.4 Å². The van der Waals surface area contributed by atoms with E-state index in [1.54, 1.807) is 0 Å². The van der Waals surface area contributed by atoms with Crippen molar-refractivity contribution in [3.8, 4) is 0 Å². The molecule has 4 heteroatoms. The predicted octanol–water partition coefficient (Wildman–Crippen LogP) is 2.04. The summed E-state index contributed by atoms with van der Waals surface area (Å²) in [6, 6.07) is 7.71. The number of hydrogen-bond donors (Lipinski definition) is 1. The molecule has 1 amide bonds. The van der Waals surface area contributed by atoms with Crippen LogP contribution in [0, 0.1) is 5.92 Å². The number of nitrogen functional groups attached to an aromatic ring is 1. The van der Waals surface area contributed by atoms with E-state index in [9.17, 15) is 4.79 Å². The van der Waals surface area contributed by atoms with Gasteiger partial charge >= 0.3 is 0 Å². The van der Waals surface area contributed by atoms with Crippen molar-refractivity contribution in [1.82, 2.24) is 4.90 Å². The van der Waals surface area contributed by atoms with Crippen molar-refractivity contribution < 1.29 is 9.53 Å². The molecule has 19 heavy (non-hydrogen) atoms. The fraction of sp³-hybridized carbons (Fsp3) is 0.533. The lowest BCUT2D eigenvalue weighted by molar-refractivity contribution is -0.140. The Balaban J connectivity index is 2.00. The van der Waals surface area contributed by atoms with Crippen molar-refractivity contribution in [2.45, 2.75) is 26.3 Å². The molecule has 104 valence electrons. The van der Waals surface area contributed by atoms with Gasteiger partial charge in [0.1, 0.15) is 0 Å². The molecule has 0 bridgehead atoms. The number of carbonyl (C=O) groups excluding carboxylic acids is 1. The van der Waals surface area contributed by atoms with Crippen molar-refractivity contribution >= 4 is 11.6 Å². The Kier molecular flexibility index (Phi) is 4.80. The second-order valence-corrected chi connectivity index (χ2v) is 5.01. The topological polar surface area (TPSA) is 55.6 Å². The Morgan fingerprint density at radius 1 is 1.53 bits per heavy atom. The Bertz CT molecular complexity index is 428. The van der Waals surface area contributed by atoms with Gasteiger partial charge in [-0.15, -0.1) is 0 Å². The first-order chi connectivity index (χ1) is 9.20. The summed E-state index contributed by atoms with van der Waals surface area (Å²) in [6.45, 7) is 4.69. The van der Waals surface area contributed by atoms with Crippen LogP contribution in [-0.2, 0) is 16.1 Å². The third-order valence-corrected chi connectivity index (χ3v) is 3.53. The number of benzene rings is 1. The summed E-state index contributed by atoms with van der Waals surface area (Å²) in [6.07, 6.45) is 1.92. The van der Waals surface area contributed by atoms with Crippen LogP contribution in [0.15, 0.2) is 24.3 Å². The van der Waals surface area contributed by atoms with Gasteiger partial charge in [0.05, 0.1) is 12.5 Å². The molecule has 1 atom stereocenters. The number of hydrogen-bond acceptors (Lipinski definition) is 3. The molecular formula is C15H22N2O2. The van der Waals surface area contributed by atoms with Crippen molar-refractivity contribution in [2.75, 3.05) is 25.5 Å². The summed E-state index contributed by atoms with van der Waals surface area (Å²) in [7, 11) is 0. The van der Waals surface area contributed by atoms with Gasteiger partial charge in [0.15, 0.2) is 0 Å². The third-order valence-electron chi connectivity index (χ3n) is 3.53. The highest BCUT2D eigenvalue weighted by Gasteiger charge is 2.25. The first-order valence-electron chi connectivity index (χ1n) is 6.91. The van der Waals surface area contributed by atoms with E-state index in [1.807, 2.05) is 36.1 Å². The van der Waals surface area contributed by atoms with Crippen LogP contribution in [0.25, 0.3) is 0 Å². The number of nitrogens with zero attached hydrogens (tertiary/aromatic N) is 1. The molecule has 0 spiro atoms. The third kappa shape index (κ3) is 3.70. The van der Waals surface area contributed by atoms with Crippen LogP contribution < -0.4 is 5.73 Å².